The SMILES string of the molecule is C=C1C(CN(C)C2CCCc3cccnc32)=NC=CC1(C)N1CCN(C)CC1. The number of piperazine rings is 1. The summed E-state index contributed by atoms with van der Waals surface area (Å²) in [5, 5.41) is 0. The molecule has 2 atom stereocenters. The third-order valence-electron chi connectivity index (χ3n) is 6.85. The van der Waals surface area contributed by atoms with E-state index < -0.39 is 0 Å². The van der Waals surface area contributed by atoms with Crippen molar-refractivity contribution in [2.24, 2.45) is 4.99 Å². The molecule has 0 bridgehead atoms. The van der Waals surface area contributed by atoms with Crippen molar-refractivity contribution in [1.82, 2.24) is 19.7 Å². The minimum absolute atomic E-state index is 0.137. The zero-order chi connectivity index (χ0) is 19.7. The number of fused-ring (bicyclic) bond motifs is 1. The lowest BCUT2D eigenvalue weighted by molar-refractivity contribution is 0.100. The van der Waals surface area contributed by atoms with E-state index in [0.29, 0.717) is 6.04 Å². The summed E-state index contributed by atoms with van der Waals surface area (Å²) in [6, 6.07) is 4.65. The topological polar surface area (TPSA) is 35.0 Å². The first-order valence-corrected chi connectivity index (χ1v) is 10.5. The Morgan fingerprint density at radius 1 is 1.29 bits per heavy atom. The van der Waals surface area contributed by atoms with E-state index in [-0.39, 0.29) is 5.54 Å². The number of aryl methyl sites for hydroxylation is 1. The molecule has 2 unspecified atom stereocenters. The van der Waals surface area contributed by atoms with Crippen LogP contribution in [0.25, 0.3) is 0 Å². The molecule has 28 heavy (non-hydrogen) atoms. The largest absolute Gasteiger partial charge is 0.304 e. The smallest absolute Gasteiger partial charge is 0.0647 e. The van der Waals surface area contributed by atoms with Crippen molar-refractivity contribution in [2.75, 3.05) is 46.8 Å². The van der Waals surface area contributed by atoms with Gasteiger partial charge in [0.15, 0.2) is 0 Å². The Bertz CT molecular complexity index is 790. The van der Waals surface area contributed by atoms with Crippen LogP contribution in [0.2, 0.25) is 0 Å². The second-order valence-electron chi connectivity index (χ2n) is 8.68. The molecule has 150 valence electrons. The number of aliphatic imine (C=N–C) groups is 1. The molecule has 5 heteroatoms. The van der Waals surface area contributed by atoms with Crippen molar-refractivity contribution in [2.45, 2.75) is 37.8 Å². The monoisotopic (exact) mass is 379 g/mol. The van der Waals surface area contributed by atoms with E-state index in [4.69, 9.17) is 9.98 Å². The van der Waals surface area contributed by atoms with Crippen LogP contribution in [-0.4, -0.2) is 77.8 Å². The minimum atomic E-state index is -0.137. The van der Waals surface area contributed by atoms with Gasteiger partial charge in [0.1, 0.15) is 0 Å². The van der Waals surface area contributed by atoms with Gasteiger partial charge in [-0.05, 0) is 63.6 Å². The fraction of sp³-hybridized carbons (Fsp3) is 0.565. The molecule has 0 aromatic carbocycles. The molecule has 3 heterocycles. The number of likely N-dealkylation sites (N-methyl/N-ethyl adjacent to an activating group) is 1. The maximum absolute atomic E-state index is 4.74. The predicted molar refractivity (Wildman–Crippen MR) is 116 cm³/mol. The van der Waals surface area contributed by atoms with Gasteiger partial charge in [0.05, 0.1) is 23.0 Å². The van der Waals surface area contributed by atoms with Gasteiger partial charge in [0.2, 0.25) is 0 Å². The van der Waals surface area contributed by atoms with Gasteiger partial charge in [-0.25, -0.2) is 0 Å². The Hall–Kier alpha value is -1.82. The molecule has 1 fully saturated rings. The molecule has 0 saturated carbocycles. The third-order valence-corrected chi connectivity index (χ3v) is 6.85. The number of hydrogen-bond acceptors (Lipinski definition) is 5. The second kappa shape index (κ2) is 7.90. The highest BCUT2D eigenvalue weighted by Gasteiger charge is 2.38. The first-order chi connectivity index (χ1) is 13.5. The molecule has 0 N–H and O–H groups in total. The normalized spacial score (nSPS) is 29.1. The summed E-state index contributed by atoms with van der Waals surface area (Å²) in [5.74, 6) is 0. The summed E-state index contributed by atoms with van der Waals surface area (Å²) in [4.78, 5) is 16.8. The van der Waals surface area contributed by atoms with Crippen LogP contribution in [0.1, 0.15) is 37.1 Å². The molecule has 5 nitrogen and oxygen atoms in total. The van der Waals surface area contributed by atoms with Crippen molar-refractivity contribution in [1.29, 1.82) is 0 Å². The molecule has 4 rings (SSSR count). The van der Waals surface area contributed by atoms with Gasteiger partial charge in [-0.15, -0.1) is 0 Å². The molecule has 1 aromatic heterocycles. The van der Waals surface area contributed by atoms with E-state index >= 15 is 0 Å². The van der Waals surface area contributed by atoms with Crippen LogP contribution in [0.5, 0.6) is 0 Å². The lowest BCUT2D eigenvalue weighted by Gasteiger charge is -2.46. The van der Waals surface area contributed by atoms with E-state index in [1.54, 1.807) is 0 Å². The van der Waals surface area contributed by atoms with E-state index in [9.17, 15) is 0 Å². The van der Waals surface area contributed by atoms with Crippen molar-refractivity contribution >= 4 is 5.71 Å². The Balaban J connectivity index is 1.49. The van der Waals surface area contributed by atoms with Crippen molar-refractivity contribution < 1.29 is 0 Å². The molecular weight excluding hydrogens is 346 g/mol. The van der Waals surface area contributed by atoms with Crippen molar-refractivity contribution in [3.05, 3.63) is 54.0 Å². The molecular formula is C23H33N5. The number of nitrogens with zero attached hydrogens (tertiary/aromatic N) is 5. The van der Waals surface area contributed by atoms with Gasteiger partial charge in [0, 0.05) is 45.1 Å². The molecule has 2 aliphatic heterocycles. The standard InChI is InChI=1S/C23H33N5/c1-18-20(24-12-10-23(18,2)28-15-13-26(3)14-16-28)17-27(4)21-9-5-7-19-8-6-11-25-22(19)21/h6,8,10-12,21H,1,5,7,9,13-17H2,2-4H3. The molecule has 1 aliphatic carbocycles. The quantitative estimate of drug-likeness (QED) is 0.806. The second-order valence-corrected chi connectivity index (χ2v) is 8.68. The predicted octanol–water partition coefficient (Wildman–Crippen LogP) is 2.92. The first-order valence-electron chi connectivity index (χ1n) is 10.5. The Morgan fingerprint density at radius 2 is 2.07 bits per heavy atom. The maximum atomic E-state index is 4.74. The number of aromatic nitrogens is 1. The Labute approximate surface area is 169 Å². The Morgan fingerprint density at radius 3 is 2.86 bits per heavy atom. The fourth-order valence-electron chi connectivity index (χ4n) is 4.81. The highest BCUT2D eigenvalue weighted by molar-refractivity contribution is 6.04. The molecule has 0 radical (unpaired) electrons. The summed E-state index contributed by atoms with van der Waals surface area (Å²) in [7, 11) is 4.40. The summed E-state index contributed by atoms with van der Waals surface area (Å²) in [6.07, 6.45) is 9.66. The van der Waals surface area contributed by atoms with Gasteiger partial charge >= 0.3 is 0 Å². The van der Waals surface area contributed by atoms with Gasteiger partial charge in [-0.1, -0.05) is 12.6 Å². The van der Waals surface area contributed by atoms with E-state index in [2.05, 4.69) is 60.5 Å². The molecule has 3 aliphatic rings. The fourth-order valence-corrected chi connectivity index (χ4v) is 4.81. The summed E-state index contributed by atoms with van der Waals surface area (Å²) in [6.45, 7) is 12.0. The molecule has 0 amide bonds. The molecule has 1 saturated heterocycles. The minimum Gasteiger partial charge on any atom is -0.304 e. The van der Waals surface area contributed by atoms with Crippen LogP contribution in [0, 0.1) is 0 Å². The average Bonchev–Trinajstić information content (AvgIpc) is 2.71. The highest BCUT2D eigenvalue weighted by atomic mass is 15.3. The lowest BCUT2D eigenvalue weighted by atomic mass is 9.84. The van der Waals surface area contributed by atoms with Crippen LogP contribution >= 0.6 is 0 Å². The van der Waals surface area contributed by atoms with Crippen LogP contribution in [0.4, 0.5) is 0 Å². The average molecular weight is 380 g/mol. The highest BCUT2D eigenvalue weighted by Crippen LogP contribution is 2.34. The van der Waals surface area contributed by atoms with E-state index in [0.717, 1.165) is 56.9 Å². The van der Waals surface area contributed by atoms with Crippen LogP contribution in [0.3, 0.4) is 0 Å². The van der Waals surface area contributed by atoms with Gasteiger partial charge in [0.25, 0.3) is 0 Å². The van der Waals surface area contributed by atoms with Crippen LogP contribution in [-0.2, 0) is 6.42 Å². The summed E-state index contributed by atoms with van der Waals surface area (Å²) < 4.78 is 0. The van der Waals surface area contributed by atoms with Crippen molar-refractivity contribution in [3.63, 3.8) is 0 Å². The third kappa shape index (κ3) is 3.59. The van der Waals surface area contributed by atoms with E-state index in [1.807, 2.05) is 12.4 Å². The number of pyridine rings is 1. The van der Waals surface area contributed by atoms with Gasteiger partial charge in [-0.3, -0.25) is 19.8 Å². The zero-order valence-corrected chi connectivity index (χ0v) is 17.6. The summed E-state index contributed by atoms with van der Waals surface area (Å²) >= 11 is 0. The number of hydrogen-bond donors (Lipinski definition) is 0. The zero-order valence-electron chi connectivity index (χ0n) is 17.6. The van der Waals surface area contributed by atoms with Gasteiger partial charge in [-0.2, -0.15) is 0 Å². The van der Waals surface area contributed by atoms with Crippen LogP contribution in [0.15, 0.2) is 47.7 Å². The lowest BCUT2D eigenvalue weighted by Crippen LogP contribution is -2.56. The first kappa shape index (κ1) is 19.5. The molecule has 1 aromatic rings. The molecule has 0 spiro atoms. The Kier molecular flexibility index (Phi) is 5.50. The summed E-state index contributed by atoms with van der Waals surface area (Å²) in [5.41, 5.74) is 4.76. The van der Waals surface area contributed by atoms with Gasteiger partial charge < -0.3 is 4.90 Å². The van der Waals surface area contributed by atoms with E-state index in [1.165, 1.54) is 17.7 Å². The maximum Gasteiger partial charge on any atom is 0.0647 e. The van der Waals surface area contributed by atoms with Crippen LogP contribution < -0.4 is 0 Å². The number of rotatable bonds is 4. The van der Waals surface area contributed by atoms with Crippen molar-refractivity contribution in [3.8, 4) is 0 Å².